The number of hydrogen-bond acceptors (Lipinski definition) is 5. The van der Waals surface area contributed by atoms with Crippen molar-refractivity contribution in [1.29, 1.82) is 0 Å². The van der Waals surface area contributed by atoms with Gasteiger partial charge in [0.05, 0.1) is 12.7 Å². The van der Waals surface area contributed by atoms with E-state index in [1.165, 1.54) is 0 Å². The predicted molar refractivity (Wildman–Crippen MR) is 90.5 cm³/mol. The van der Waals surface area contributed by atoms with Gasteiger partial charge in [0.15, 0.2) is 0 Å². The number of methoxy groups -OCH3 is 1. The van der Waals surface area contributed by atoms with Crippen LogP contribution in [0.2, 0.25) is 0 Å². The molecule has 1 saturated heterocycles. The lowest BCUT2D eigenvalue weighted by atomic mass is 10.1. The summed E-state index contributed by atoms with van der Waals surface area (Å²) in [5, 5.41) is 13.0. The van der Waals surface area contributed by atoms with Crippen LogP contribution in [0, 0.1) is 0 Å². The summed E-state index contributed by atoms with van der Waals surface area (Å²) in [5.41, 5.74) is -0.453. The first kappa shape index (κ1) is 20.2. The molecule has 0 aromatic rings. The molecule has 0 spiro atoms. The Morgan fingerprint density at radius 3 is 2.74 bits per heavy atom. The number of aliphatic hydroxyl groups excluding tert-OH is 1. The molecule has 0 saturated carbocycles. The van der Waals surface area contributed by atoms with Crippen molar-refractivity contribution in [2.24, 2.45) is 0 Å². The van der Waals surface area contributed by atoms with Crippen LogP contribution in [0.4, 0.5) is 4.79 Å². The molecule has 3 atom stereocenters. The van der Waals surface area contributed by atoms with Crippen molar-refractivity contribution in [2.75, 3.05) is 26.8 Å². The molecule has 1 rings (SSSR count). The molecule has 0 aromatic heterocycles. The van der Waals surface area contributed by atoms with Crippen molar-refractivity contribution in [1.82, 2.24) is 10.2 Å². The van der Waals surface area contributed by atoms with Crippen LogP contribution in [0.5, 0.6) is 0 Å². The molecule has 1 heterocycles. The topological polar surface area (TPSA) is 71.0 Å². The third-order valence-electron chi connectivity index (χ3n) is 3.96. The molecule has 0 aliphatic carbocycles. The summed E-state index contributed by atoms with van der Waals surface area (Å²) in [7, 11) is 1.59. The Bertz CT molecular complexity index is 357. The van der Waals surface area contributed by atoms with Crippen molar-refractivity contribution in [3.63, 3.8) is 0 Å². The van der Waals surface area contributed by atoms with Crippen molar-refractivity contribution in [3.05, 3.63) is 0 Å². The minimum atomic E-state index is -0.453. The van der Waals surface area contributed by atoms with Crippen molar-refractivity contribution < 1.29 is 19.4 Å². The molecule has 1 amide bonds. The maximum absolute atomic E-state index is 12.3. The molecule has 1 aliphatic heterocycles. The lowest BCUT2D eigenvalue weighted by Crippen LogP contribution is -2.43. The Hall–Kier alpha value is -0.850. The summed E-state index contributed by atoms with van der Waals surface area (Å²) in [4.78, 5) is 14.1. The molecule has 0 bridgehead atoms. The number of nitrogens with one attached hydrogen (secondary N) is 1. The van der Waals surface area contributed by atoms with E-state index in [9.17, 15) is 9.90 Å². The van der Waals surface area contributed by atoms with Gasteiger partial charge in [-0.3, -0.25) is 0 Å². The lowest BCUT2D eigenvalue weighted by molar-refractivity contribution is 0.0214. The van der Waals surface area contributed by atoms with Crippen LogP contribution in [0.25, 0.3) is 0 Å². The summed E-state index contributed by atoms with van der Waals surface area (Å²) in [5.74, 6) is 0. The van der Waals surface area contributed by atoms with Gasteiger partial charge in [-0.05, 0) is 59.9 Å². The monoisotopic (exact) mass is 330 g/mol. The molecule has 6 heteroatoms. The zero-order valence-corrected chi connectivity index (χ0v) is 15.3. The van der Waals surface area contributed by atoms with Crippen molar-refractivity contribution >= 4 is 6.09 Å². The van der Waals surface area contributed by atoms with E-state index in [1.807, 2.05) is 25.7 Å². The molecular formula is C17H34N2O4. The van der Waals surface area contributed by atoms with Gasteiger partial charge in [-0.15, -0.1) is 0 Å². The highest BCUT2D eigenvalue weighted by molar-refractivity contribution is 5.68. The van der Waals surface area contributed by atoms with Gasteiger partial charge in [0, 0.05) is 25.7 Å². The number of carbonyl (C=O) groups excluding carboxylic acids is 1. The molecular weight excluding hydrogens is 296 g/mol. The first-order valence-corrected chi connectivity index (χ1v) is 8.63. The van der Waals surface area contributed by atoms with Crippen LogP contribution in [0.15, 0.2) is 0 Å². The number of aliphatic hydroxyl groups is 1. The van der Waals surface area contributed by atoms with Crippen LogP contribution in [0.1, 0.15) is 53.4 Å². The van der Waals surface area contributed by atoms with E-state index < -0.39 is 11.7 Å². The van der Waals surface area contributed by atoms with Gasteiger partial charge < -0.3 is 24.8 Å². The Labute approximate surface area is 140 Å². The summed E-state index contributed by atoms with van der Waals surface area (Å²) >= 11 is 0. The Kier molecular flexibility index (Phi) is 8.29. The highest BCUT2D eigenvalue weighted by Gasteiger charge is 2.32. The summed E-state index contributed by atoms with van der Waals surface area (Å²) in [6, 6.07) is 0.522. The summed E-state index contributed by atoms with van der Waals surface area (Å²) in [6.45, 7) is 9.69. The fourth-order valence-corrected chi connectivity index (χ4v) is 2.91. The third-order valence-corrected chi connectivity index (χ3v) is 3.96. The molecule has 3 unspecified atom stereocenters. The van der Waals surface area contributed by atoms with Crippen LogP contribution in [-0.2, 0) is 9.47 Å². The summed E-state index contributed by atoms with van der Waals surface area (Å²) in [6.07, 6.45) is 2.99. The smallest absolute Gasteiger partial charge is 0.410 e. The van der Waals surface area contributed by atoms with E-state index in [2.05, 4.69) is 12.2 Å². The van der Waals surface area contributed by atoms with Gasteiger partial charge in [0.1, 0.15) is 5.60 Å². The predicted octanol–water partition coefficient (Wildman–Crippen LogP) is 2.15. The number of nitrogens with zero attached hydrogens (tertiary/aromatic N) is 1. The molecule has 1 fully saturated rings. The van der Waals surface area contributed by atoms with Gasteiger partial charge in [0.25, 0.3) is 0 Å². The van der Waals surface area contributed by atoms with Crippen LogP contribution >= 0.6 is 0 Å². The molecule has 6 nitrogen and oxygen atoms in total. The van der Waals surface area contributed by atoms with E-state index >= 15 is 0 Å². The summed E-state index contributed by atoms with van der Waals surface area (Å²) < 4.78 is 10.4. The Morgan fingerprint density at radius 1 is 1.43 bits per heavy atom. The van der Waals surface area contributed by atoms with Gasteiger partial charge in [0.2, 0.25) is 0 Å². The molecule has 0 radical (unpaired) electrons. The third kappa shape index (κ3) is 7.99. The highest BCUT2D eigenvalue weighted by Crippen LogP contribution is 2.24. The maximum Gasteiger partial charge on any atom is 0.410 e. The largest absolute Gasteiger partial charge is 0.444 e. The van der Waals surface area contributed by atoms with Crippen LogP contribution in [0.3, 0.4) is 0 Å². The van der Waals surface area contributed by atoms with Gasteiger partial charge >= 0.3 is 6.09 Å². The second kappa shape index (κ2) is 9.45. The minimum absolute atomic E-state index is 0.206. The average molecular weight is 330 g/mol. The second-order valence-corrected chi connectivity index (χ2v) is 7.46. The van der Waals surface area contributed by atoms with E-state index in [4.69, 9.17) is 9.47 Å². The average Bonchev–Trinajstić information content (AvgIpc) is 2.85. The number of hydrogen-bond donors (Lipinski definition) is 2. The normalized spacial score (nSPS) is 21.3. The zero-order chi connectivity index (χ0) is 17.5. The minimum Gasteiger partial charge on any atom is -0.444 e. The number of amides is 1. The van der Waals surface area contributed by atoms with Gasteiger partial charge in [-0.2, -0.15) is 0 Å². The number of carbonyl (C=O) groups is 1. The Balaban J connectivity index is 2.35. The first-order chi connectivity index (χ1) is 10.7. The number of likely N-dealkylation sites (tertiary alicyclic amines) is 1. The molecule has 0 aromatic carbocycles. The maximum atomic E-state index is 12.3. The second-order valence-electron chi connectivity index (χ2n) is 7.46. The molecule has 23 heavy (non-hydrogen) atoms. The standard InChI is InChI=1S/C17H34N2O4/c1-13(18-9-8-15(20)12-22-5)11-14-7-6-10-19(14)16(21)23-17(2,3)4/h13-15,18,20H,6-12H2,1-5H3. The van der Waals surface area contributed by atoms with Crippen molar-refractivity contribution in [2.45, 2.75) is 77.2 Å². The quantitative estimate of drug-likeness (QED) is 0.713. The van der Waals surface area contributed by atoms with E-state index in [-0.39, 0.29) is 18.2 Å². The number of rotatable bonds is 8. The fourth-order valence-electron chi connectivity index (χ4n) is 2.91. The fraction of sp³-hybridized carbons (Fsp3) is 0.941. The van der Waals surface area contributed by atoms with Crippen molar-refractivity contribution in [3.8, 4) is 0 Å². The zero-order valence-electron chi connectivity index (χ0n) is 15.3. The van der Waals surface area contributed by atoms with E-state index in [0.717, 1.165) is 32.4 Å². The van der Waals surface area contributed by atoms with E-state index in [1.54, 1.807) is 7.11 Å². The lowest BCUT2D eigenvalue weighted by Gasteiger charge is -2.30. The molecule has 1 aliphatic rings. The first-order valence-electron chi connectivity index (χ1n) is 8.63. The van der Waals surface area contributed by atoms with Gasteiger partial charge in [-0.1, -0.05) is 0 Å². The van der Waals surface area contributed by atoms with Crippen LogP contribution in [-0.4, -0.2) is 66.7 Å². The van der Waals surface area contributed by atoms with E-state index in [0.29, 0.717) is 13.0 Å². The Morgan fingerprint density at radius 2 is 2.13 bits per heavy atom. The SMILES string of the molecule is COCC(O)CCNC(C)CC1CCCN1C(=O)OC(C)(C)C. The number of ether oxygens (including phenoxy) is 2. The van der Waals surface area contributed by atoms with Crippen LogP contribution < -0.4 is 5.32 Å². The molecule has 2 N–H and O–H groups in total. The highest BCUT2D eigenvalue weighted by atomic mass is 16.6. The molecule has 136 valence electrons. The van der Waals surface area contributed by atoms with Gasteiger partial charge in [-0.25, -0.2) is 4.79 Å².